The number of halogens is 1. The zero-order valence-electron chi connectivity index (χ0n) is 14.4. The Morgan fingerprint density at radius 3 is 2.71 bits per heavy atom. The first-order valence-electron chi connectivity index (χ1n) is 9.05. The minimum Gasteiger partial charge on any atom is -0.357 e. The van der Waals surface area contributed by atoms with E-state index in [1.54, 1.807) is 0 Å². The SMILES string of the molecule is CC(C)c1cc2[nH]c(CNC(=O)C3CC4(CCC4)C3)cc2cc1Cl. The zero-order valence-corrected chi connectivity index (χ0v) is 15.2. The molecule has 1 aromatic heterocycles. The first-order valence-corrected chi connectivity index (χ1v) is 9.42. The van der Waals surface area contributed by atoms with Crippen molar-refractivity contribution in [1.82, 2.24) is 10.3 Å². The lowest BCUT2D eigenvalue weighted by Crippen LogP contribution is -2.48. The second-order valence-electron chi connectivity index (χ2n) is 8.09. The van der Waals surface area contributed by atoms with Gasteiger partial charge in [-0.25, -0.2) is 0 Å². The highest BCUT2D eigenvalue weighted by Crippen LogP contribution is 2.58. The molecule has 2 aliphatic carbocycles. The molecular formula is C20H25ClN2O. The third-order valence-corrected chi connectivity index (χ3v) is 6.34. The van der Waals surface area contributed by atoms with Crippen LogP contribution in [0.5, 0.6) is 0 Å². The molecule has 3 nitrogen and oxygen atoms in total. The van der Waals surface area contributed by atoms with Crippen molar-refractivity contribution in [3.05, 3.63) is 34.5 Å². The van der Waals surface area contributed by atoms with Crippen LogP contribution < -0.4 is 5.32 Å². The molecule has 2 aromatic rings. The van der Waals surface area contributed by atoms with Crippen LogP contribution in [0.25, 0.3) is 10.9 Å². The quantitative estimate of drug-likeness (QED) is 0.792. The van der Waals surface area contributed by atoms with E-state index in [2.05, 4.69) is 36.3 Å². The van der Waals surface area contributed by atoms with E-state index in [9.17, 15) is 4.79 Å². The van der Waals surface area contributed by atoms with Crippen LogP contribution in [0.2, 0.25) is 5.02 Å². The molecule has 0 bridgehead atoms. The average Bonchev–Trinajstić information content (AvgIpc) is 2.82. The van der Waals surface area contributed by atoms with Crippen molar-refractivity contribution in [2.45, 2.75) is 58.4 Å². The molecule has 0 saturated heterocycles. The molecule has 4 rings (SSSR count). The molecule has 0 unspecified atom stereocenters. The predicted molar refractivity (Wildman–Crippen MR) is 98.3 cm³/mol. The van der Waals surface area contributed by atoms with Crippen molar-refractivity contribution in [2.75, 3.05) is 0 Å². The topological polar surface area (TPSA) is 44.9 Å². The molecule has 2 N–H and O–H groups in total. The van der Waals surface area contributed by atoms with Gasteiger partial charge in [0.15, 0.2) is 0 Å². The maximum atomic E-state index is 12.3. The van der Waals surface area contributed by atoms with Crippen molar-refractivity contribution < 1.29 is 4.79 Å². The highest BCUT2D eigenvalue weighted by Gasteiger charge is 2.50. The minimum absolute atomic E-state index is 0.215. The second-order valence-corrected chi connectivity index (χ2v) is 8.49. The van der Waals surface area contributed by atoms with E-state index in [1.807, 2.05) is 6.07 Å². The number of benzene rings is 1. The maximum absolute atomic E-state index is 12.3. The number of aromatic amines is 1. The number of hydrogen-bond acceptors (Lipinski definition) is 1. The molecule has 4 heteroatoms. The van der Waals surface area contributed by atoms with E-state index in [-0.39, 0.29) is 11.8 Å². The Balaban J connectivity index is 1.40. The Morgan fingerprint density at radius 1 is 1.33 bits per heavy atom. The number of rotatable bonds is 4. The van der Waals surface area contributed by atoms with Gasteiger partial charge in [-0.2, -0.15) is 0 Å². The molecule has 128 valence electrons. The lowest BCUT2D eigenvalue weighted by atomic mass is 9.51. The van der Waals surface area contributed by atoms with Gasteiger partial charge in [0.05, 0.1) is 6.54 Å². The third-order valence-electron chi connectivity index (χ3n) is 6.01. The molecule has 2 fully saturated rings. The molecule has 1 spiro atoms. The van der Waals surface area contributed by atoms with Crippen LogP contribution in [-0.2, 0) is 11.3 Å². The van der Waals surface area contributed by atoms with Crippen LogP contribution in [0.1, 0.15) is 63.1 Å². The largest absolute Gasteiger partial charge is 0.357 e. The Hall–Kier alpha value is -1.48. The summed E-state index contributed by atoms with van der Waals surface area (Å²) in [6.45, 7) is 4.85. The zero-order chi connectivity index (χ0) is 16.9. The molecule has 0 radical (unpaired) electrons. The first kappa shape index (κ1) is 16.0. The average molecular weight is 345 g/mol. The Labute approximate surface area is 148 Å². The Kier molecular flexibility index (Phi) is 3.87. The number of amides is 1. The molecule has 24 heavy (non-hydrogen) atoms. The fraction of sp³-hybridized carbons (Fsp3) is 0.550. The van der Waals surface area contributed by atoms with E-state index in [0.29, 0.717) is 17.9 Å². The van der Waals surface area contributed by atoms with Crippen molar-refractivity contribution in [3.63, 3.8) is 0 Å². The summed E-state index contributed by atoms with van der Waals surface area (Å²) in [5.74, 6) is 0.842. The molecule has 1 aromatic carbocycles. The van der Waals surface area contributed by atoms with Gasteiger partial charge in [-0.3, -0.25) is 4.79 Å². The van der Waals surface area contributed by atoms with Gasteiger partial charge in [-0.15, -0.1) is 0 Å². The number of aromatic nitrogens is 1. The van der Waals surface area contributed by atoms with Crippen LogP contribution in [0.4, 0.5) is 0 Å². The van der Waals surface area contributed by atoms with Gasteiger partial charge < -0.3 is 10.3 Å². The number of carbonyl (C=O) groups is 1. The van der Waals surface area contributed by atoms with Crippen molar-refractivity contribution in [1.29, 1.82) is 0 Å². The van der Waals surface area contributed by atoms with Crippen LogP contribution in [0.3, 0.4) is 0 Å². The van der Waals surface area contributed by atoms with Crippen LogP contribution in [0.15, 0.2) is 18.2 Å². The maximum Gasteiger partial charge on any atom is 0.223 e. The summed E-state index contributed by atoms with van der Waals surface area (Å²) >= 11 is 6.37. The summed E-state index contributed by atoms with van der Waals surface area (Å²) in [5, 5.41) is 5.01. The second kappa shape index (κ2) is 5.80. The summed E-state index contributed by atoms with van der Waals surface area (Å²) in [6, 6.07) is 6.22. The van der Waals surface area contributed by atoms with Gasteiger partial charge in [0, 0.05) is 27.5 Å². The summed E-state index contributed by atoms with van der Waals surface area (Å²) in [6.07, 6.45) is 6.21. The number of carbonyl (C=O) groups excluding carboxylic acids is 1. The van der Waals surface area contributed by atoms with E-state index in [4.69, 9.17) is 11.6 Å². The number of hydrogen-bond donors (Lipinski definition) is 2. The molecule has 2 saturated carbocycles. The van der Waals surface area contributed by atoms with Crippen LogP contribution in [-0.4, -0.2) is 10.9 Å². The lowest BCUT2D eigenvalue weighted by molar-refractivity contribution is -0.137. The van der Waals surface area contributed by atoms with Crippen LogP contribution in [0, 0.1) is 11.3 Å². The highest BCUT2D eigenvalue weighted by molar-refractivity contribution is 6.32. The van der Waals surface area contributed by atoms with Gasteiger partial charge in [-0.1, -0.05) is 31.9 Å². The molecule has 1 amide bonds. The summed E-state index contributed by atoms with van der Waals surface area (Å²) in [5.41, 5.74) is 3.83. The molecule has 0 atom stereocenters. The van der Waals surface area contributed by atoms with Crippen molar-refractivity contribution in [3.8, 4) is 0 Å². The Morgan fingerprint density at radius 2 is 2.08 bits per heavy atom. The van der Waals surface area contributed by atoms with E-state index in [1.165, 1.54) is 19.3 Å². The highest BCUT2D eigenvalue weighted by atomic mass is 35.5. The van der Waals surface area contributed by atoms with Crippen molar-refractivity contribution >= 4 is 28.4 Å². The smallest absolute Gasteiger partial charge is 0.223 e. The van der Waals surface area contributed by atoms with Gasteiger partial charge in [0.25, 0.3) is 0 Å². The predicted octanol–water partition coefficient (Wildman–Crippen LogP) is 5.14. The van der Waals surface area contributed by atoms with Crippen LogP contribution >= 0.6 is 11.6 Å². The van der Waals surface area contributed by atoms with E-state index >= 15 is 0 Å². The monoisotopic (exact) mass is 344 g/mol. The van der Waals surface area contributed by atoms with Gasteiger partial charge >= 0.3 is 0 Å². The lowest BCUT2D eigenvalue weighted by Gasteiger charge is -2.53. The number of fused-ring (bicyclic) bond motifs is 1. The molecule has 0 aliphatic heterocycles. The molecule has 1 heterocycles. The number of nitrogens with one attached hydrogen (secondary N) is 2. The summed E-state index contributed by atoms with van der Waals surface area (Å²) < 4.78 is 0. The molecule has 2 aliphatic rings. The molecular weight excluding hydrogens is 320 g/mol. The van der Waals surface area contributed by atoms with E-state index < -0.39 is 0 Å². The van der Waals surface area contributed by atoms with Gasteiger partial charge in [0.1, 0.15) is 0 Å². The van der Waals surface area contributed by atoms with Crippen molar-refractivity contribution in [2.24, 2.45) is 11.3 Å². The van der Waals surface area contributed by atoms with Gasteiger partial charge in [-0.05, 0) is 60.8 Å². The summed E-state index contributed by atoms with van der Waals surface area (Å²) in [7, 11) is 0. The standard InChI is InChI=1S/C20H25ClN2O/c1-12(2)16-8-18-13(7-17(16)21)6-15(23-18)11-22-19(24)14-9-20(10-14)4-3-5-20/h6-8,12,14,23H,3-5,9-11H2,1-2H3,(H,22,24). The fourth-order valence-electron chi connectivity index (χ4n) is 4.35. The number of H-pyrrole nitrogens is 1. The fourth-order valence-corrected chi connectivity index (χ4v) is 4.74. The third kappa shape index (κ3) is 2.73. The normalized spacial score (nSPS) is 19.5. The summed E-state index contributed by atoms with van der Waals surface area (Å²) in [4.78, 5) is 15.7. The first-order chi connectivity index (χ1) is 11.5. The van der Waals surface area contributed by atoms with E-state index in [0.717, 1.165) is 40.0 Å². The van der Waals surface area contributed by atoms with Gasteiger partial charge in [0.2, 0.25) is 5.91 Å². The minimum atomic E-state index is 0.215. The Bertz CT molecular complexity index is 780.